The van der Waals surface area contributed by atoms with Gasteiger partial charge in [-0.3, -0.25) is 0 Å². The summed E-state index contributed by atoms with van der Waals surface area (Å²) >= 11 is 1.86. The summed E-state index contributed by atoms with van der Waals surface area (Å²) in [5.74, 6) is 0. The molecule has 138 valence electrons. The first-order chi connectivity index (χ1) is 14.3. The molecule has 0 aliphatic carbocycles. The van der Waals surface area contributed by atoms with Crippen LogP contribution >= 0.6 is 11.3 Å². The van der Waals surface area contributed by atoms with E-state index >= 15 is 0 Å². The van der Waals surface area contributed by atoms with Crippen molar-refractivity contribution in [2.24, 2.45) is 7.05 Å². The second kappa shape index (κ2) is 6.33. The lowest BCUT2D eigenvalue weighted by atomic mass is 10.0. The summed E-state index contributed by atoms with van der Waals surface area (Å²) in [5.41, 5.74) is 5.15. The molecular weight excluding hydrogens is 370 g/mol. The van der Waals surface area contributed by atoms with E-state index in [-0.39, 0.29) is 0 Å². The predicted molar refractivity (Wildman–Crippen MR) is 127 cm³/mol. The summed E-state index contributed by atoms with van der Waals surface area (Å²) in [5, 5.41) is 5.24. The molecular formula is C27H19NS. The lowest BCUT2D eigenvalue weighted by molar-refractivity contribution is 1.02. The van der Waals surface area contributed by atoms with Crippen molar-refractivity contribution in [2.45, 2.75) is 0 Å². The number of aromatic nitrogens is 1. The zero-order valence-electron chi connectivity index (χ0n) is 16.1. The number of nitrogens with zero attached hydrogens (tertiary/aromatic N) is 1. The highest BCUT2D eigenvalue weighted by atomic mass is 32.1. The molecule has 0 amide bonds. The van der Waals surface area contributed by atoms with Gasteiger partial charge < -0.3 is 4.57 Å². The van der Waals surface area contributed by atoms with E-state index < -0.39 is 0 Å². The quantitative estimate of drug-likeness (QED) is 0.284. The molecule has 0 atom stereocenters. The molecule has 0 bridgehead atoms. The van der Waals surface area contributed by atoms with Gasteiger partial charge in [-0.15, -0.1) is 11.3 Å². The third-order valence-corrected chi connectivity index (χ3v) is 7.02. The molecule has 1 nitrogen and oxygen atoms in total. The fourth-order valence-electron chi connectivity index (χ4n) is 4.40. The Kier molecular flexibility index (Phi) is 3.62. The van der Waals surface area contributed by atoms with Crippen LogP contribution in [0.3, 0.4) is 0 Å². The summed E-state index contributed by atoms with van der Waals surface area (Å²) in [6.07, 6.45) is 0. The molecule has 0 fully saturated rings. The number of fused-ring (bicyclic) bond motifs is 5. The lowest BCUT2D eigenvalue weighted by Crippen LogP contribution is -1.87. The van der Waals surface area contributed by atoms with Crippen molar-refractivity contribution in [2.75, 3.05) is 0 Å². The molecule has 2 heterocycles. The molecule has 6 aromatic rings. The Morgan fingerprint density at radius 1 is 0.586 bits per heavy atom. The molecule has 0 N–H and O–H groups in total. The van der Waals surface area contributed by atoms with Crippen molar-refractivity contribution in [1.29, 1.82) is 0 Å². The summed E-state index contributed by atoms with van der Waals surface area (Å²) < 4.78 is 2.33. The van der Waals surface area contributed by atoms with E-state index in [0.717, 1.165) is 0 Å². The van der Waals surface area contributed by atoms with Crippen LogP contribution in [0.15, 0.2) is 97.1 Å². The number of hydrogen-bond acceptors (Lipinski definition) is 1. The van der Waals surface area contributed by atoms with Crippen LogP contribution in [0.25, 0.3) is 53.5 Å². The zero-order valence-corrected chi connectivity index (χ0v) is 16.9. The molecule has 0 aliphatic heterocycles. The molecule has 0 spiro atoms. The molecule has 0 unspecified atom stereocenters. The standard InChI is InChI=1S/C27H19NS/c1-28-24-14-12-20(26-16-15-25(29-26)19-8-3-2-4-9-19)17-23(24)22-13-11-18-7-5-6-10-21(18)27(22)28/h2-17H,1H3. The van der Waals surface area contributed by atoms with Crippen molar-refractivity contribution in [3.05, 3.63) is 97.1 Å². The largest absolute Gasteiger partial charge is 0.343 e. The summed E-state index contributed by atoms with van der Waals surface area (Å²) in [6.45, 7) is 0. The van der Waals surface area contributed by atoms with Crippen LogP contribution in [-0.4, -0.2) is 4.57 Å². The highest BCUT2D eigenvalue weighted by Crippen LogP contribution is 2.38. The maximum atomic E-state index is 2.35. The van der Waals surface area contributed by atoms with Gasteiger partial charge in [0.2, 0.25) is 0 Å². The minimum atomic E-state index is 1.28. The fraction of sp³-hybridized carbons (Fsp3) is 0.0370. The van der Waals surface area contributed by atoms with Crippen LogP contribution in [-0.2, 0) is 7.05 Å². The van der Waals surface area contributed by atoms with Crippen molar-refractivity contribution in [3.63, 3.8) is 0 Å². The Labute approximate surface area is 173 Å². The van der Waals surface area contributed by atoms with Gasteiger partial charge in [0.15, 0.2) is 0 Å². The van der Waals surface area contributed by atoms with Gasteiger partial charge in [-0.1, -0.05) is 72.8 Å². The van der Waals surface area contributed by atoms with E-state index in [1.54, 1.807) is 0 Å². The van der Waals surface area contributed by atoms with Crippen LogP contribution in [0.1, 0.15) is 0 Å². The molecule has 29 heavy (non-hydrogen) atoms. The summed E-state index contributed by atoms with van der Waals surface area (Å²) in [4.78, 5) is 2.62. The number of hydrogen-bond donors (Lipinski definition) is 0. The van der Waals surface area contributed by atoms with Gasteiger partial charge in [0, 0.05) is 38.5 Å². The van der Waals surface area contributed by atoms with Crippen LogP contribution in [0.4, 0.5) is 0 Å². The van der Waals surface area contributed by atoms with Gasteiger partial charge >= 0.3 is 0 Å². The number of thiophene rings is 1. The Bertz CT molecular complexity index is 1500. The van der Waals surface area contributed by atoms with E-state index in [0.29, 0.717) is 0 Å². The van der Waals surface area contributed by atoms with E-state index in [4.69, 9.17) is 0 Å². The van der Waals surface area contributed by atoms with Crippen LogP contribution in [0, 0.1) is 0 Å². The predicted octanol–water partition coefficient (Wildman–Crippen LogP) is 7.88. The maximum Gasteiger partial charge on any atom is 0.0568 e. The summed E-state index contributed by atoms with van der Waals surface area (Å²) in [7, 11) is 2.18. The highest BCUT2D eigenvalue weighted by Gasteiger charge is 2.13. The molecule has 0 radical (unpaired) electrons. The third kappa shape index (κ3) is 2.53. The average Bonchev–Trinajstić information content (AvgIpc) is 3.38. The minimum Gasteiger partial charge on any atom is -0.343 e. The van der Waals surface area contributed by atoms with E-state index in [2.05, 4.69) is 109 Å². The van der Waals surface area contributed by atoms with Gasteiger partial charge in [0.25, 0.3) is 0 Å². The Morgan fingerprint density at radius 3 is 2.21 bits per heavy atom. The third-order valence-electron chi connectivity index (χ3n) is 5.83. The lowest BCUT2D eigenvalue weighted by Gasteiger charge is -2.03. The fourth-order valence-corrected chi connectivity index (χ4v) is 5.41. The number of aryl methyl sites for hydroxylation is 1. The second-order valence-electron chi connectivity index (χ2n) is 7.50. The number of rotatable bonds is 2. The van der Waals surface area contributed by atoms with E-state index in [1.807, 2.05) is 11.3 Å². The zero-order chi connectivity index (χ0) is 19.4. The molecule has 4 aromatic carbocycles. The molecule has 2 aromatic heterocycles. The van der Waals surface area contributed by atoms with Crippen molar-refractivity contribution < 1.29 is 0 Å². The van der Waals surface area contributed by atoms with Crippen LogP contribution in [0.2, 0.25) is 0 Å². The van der Waals surface area contributed by atoms with Crippen molar-refractivity contribution in [1.82, 2.24) is 4.57 Å². The topological polar surface area (TPSA) is 4.93 Å². The second-order valence-corrected chi connectivity index (χ2v) is 8.59. The van der Waals surface area contributed by atoms with Crippen LogP contribution in [0.5, 0.6) is 0 Å². The van der Waals surface area contributed by atoms with E-state index in [1.165, 1.54) is 53.5 Å². The first-order valence-electron chi connectivity index (χ1n) is 9.85. The Morgan fingerprint density at radius 2 is 1.34 bits per heavy atom. The number of benzene rings is 4. The first-order valence-corrected chi connectivity index (χ1v) is 10.7. The molecule has 2 heteroatoms. The van der Waals surface area contributed by atoms with Crippen LogP contribution < -0.4 is 0 Å². The SMILES string of the molecule is Cn1c2ccc(-c3ccc(-c4ccccc4)s3)cc2c2ccc3ccccc3c21. The van der Waals surface area contributed by atoms with Crippen molar-refractivity contribution >= 4 is 43.9 Å². The van der Waals surface area contributed by atoms with Gasteiger partial charge in [-0.2, -0.15) is 0 Å². The van der Waals surface area contributed by atoms with E-state index in [9.17, 15) is 0 Å². The first kappa shape index (κ1) is 16.6. The normalized spacial score (nSPS) is 11.6. The summed E-state index contributed by atoms with van der Waals surface area (Å²) in [6, 6.07) is 35.1. The average molecular weight is 390 g/mol. The molecule has 0 aliphatic rings. The monoisotopic (exact) mass is 389 g/mol. The molecule has 0 saturated heterocycles. The van der Waals surface area contributed by atoms with Crippen molar-refractivity contribution in [3.8, 4) is 20.9 Å². The molecule has 0 saturated carbocycles. The highest BCUT2D eigenvalue weighted by molar-refractivity contribution is 7.18. The Balaban J connectivity index is 1.56. The smallest absolute Gasteiger partial charge is 0.0568 e. The van der Waals surface area contributed by atoms with Gasteiger partial charge in [-0.05, 0) is 40.8 Å². The van der Waals surface area contributed by atoms with Gasteiger partial charge in [-0.25, -0.2) is 0 Å². The maximum absolute atomic E-state index is 2.35. The molecule has 6 rings (SSSR count). The Hall–Kier alpha value is -3.36. The van der Waals surface area contributed by atoms with Gasteiger partial charge in [0.05, 0.1) is 5.52 Å². The minimum absolute atomic E-state index is 1.28. The van der Waals surface area contributed by atoms with Gasteiger partial charge in [0.1, 0.15) is 0 Å².